The molecule has 0 amide bonds. The number of anilines is 1. The predicted molar refractivity (Wildman–Crippen MR) is 56.0 cm³/mol. The lowest BCUT2D eigenvalue weighted by Crippen LogP contribution is -2.19. The quantitative estimate of drug-likeness (QED) is 0.760. The Hall–Kier alpha value is -1.09. The molecule has 0 saturated carbocycles. The second kappa shape index (κ2) is 4.23. The third-order valence-electron chi connectivity index (χ3n) is 2.14. The van der Waals surface area contributed by atoms with Gasteiger partial charge in [0.05, 0.1) is 0 Å². The Balaban J connectivity index is 3.04. The van der Waals surface area contributed by atoms with Crippen molar-refractivity contribution < 1.29 is 0 Å². The fraction of sp³-hybridized carbons (Fsp3) is 0.500. The minimum Gasteiger partial charge on any atom is -0.362 e. The van der Waals surface area contributed by atoms with Crippen molar-refractivity contribution in [3.05, 3.63) is 23.9 Å². The first kappa shape index (κ1) is 9.99. The molecule has 0 aliphatic carbocycles. The topological polar surface area (TPSA) is 28.2 Å². The number of pyridine rings is 1. The maximum Gasteiger partial charge on any atom is 0.132 e. The summed E-state index contributed by atoms with van der Waals surface area (Å²) in [6.45, 7) is 2.13. The average molecular weight is 179 g/mol. The van der Waals surface area contributed by atoms with Crippen molar-refractivity contribution in [1.82, 2.24) is 10.3 Å². The first-order valence-electron chi connectivity index (χ1n) is 4.46. The minimum absolute atomic E-state index is 0.339. The molecule has 3 nitrogen and oxygen atoms in total. The first-order valence-corrected chi connectivity index (χ1v) is 4.46. The van der Waals surface area contributed by atoms with E-state index in [2.05, 4.69) is 23.3 Å². The molecule has 0 aliphatic rings. The van der Waals surface area contributed by atoms with Crippen LogP contribution in [0.3, 0.4) is 0 Å². The van der Waals surface area contributed by atoms with Gasteiger partial charge in [0, 0.05) is 31.9 Å². The molecule has 3 heteroatoms. The summed E-state index contributed by atoms with van der Waals surface area (Å²) in [6, 6.07) is 4.41. The van der Waals surface area contributed by atoms with E-state index in [0.29, 0.717) is 6.04 Å². The van der Waals surface area contributed by atoms with E-state index in [1.54, 1.807) is 0 Å². The molecule has 0 saturated heterocycles. The molecule has 1 rings (SSSR count). The van der Waals surface area contributed by atoms with Crippen LogP contribution in [0, 0.1) is 0 Å². The summed E-state index contributed by atoms with van der Waals surface area (Å²) in [5.41, 5.74) is 1.23. The van der Waals surface area contributed by atoms with Crippen LogP contribution in [0.4, 0.5) is 5.82 Å². The van der Waals surface area contributed by atoms with Crippen LogP contribution in [0.1, 0.15) is 18.5 Å². The fourth-order valence-electron chi connectivity index (χ4n) is 1.28. The van der Waals surface area contributed by atoms with Crippen molar-refractivity contribution in [2.75, 3.05) is 26.0 Å². The van der Waals surface area contributed by atoms with Crippen LogP contribution < -0.4 is 10.2 Å². The Morgan fingerprint density at radius 1 is 1.46 bits per heavy atom. The molecule has 0 aliphatic heterocycles. The van der Waals surface area contributed by atoms with Crippen LogP contribution in [0.15, 0.2) is 18.3 Å². The van der Waals surface area contributed by atoms with Gasteiger partial charge in [-0.3, -0.25) is 0 Å². The molecule has 0 aromatic carbocycles. The van der Waals surface area contributed by atoms with E-state index >= 15 is 0 Å². The Morgan fingerprint density at radius 3 is 2.69 bits per heavy atom. The molecule has 1 aromatic rings. The molecule has 13 heavy (non-hydrogen) atoms. The van der Waals surface area contributed by atoms with E-state index < -0.39 is 0 Å². The lowest BCUT2D eigenvalue weighted by Gasteiger charge is -2.19. The van der Waals surface area contributed by atoms with Crippen molar-refractivity contribution in [2.45, 2.75) is 13.0 Å². The van der Waals surface area contributed by atoms with Gasteiger partial charge in [0.15, 0.2) is 0 Å². The highest BCUT2D eigenvalue weighted by atomic mass is 15.1. The molecule has 1 aromatic heterocycles. The second-order valence-corrected chi connectivity index (χ2v) is 3.32. The van der Waals surface area contributed by atoms with Gasteiger partial charge in [-0.1, -0.05) is 6.07 Å². The lowest BCUT2D eigenvalue weighted by molar-refractivity contribution is 0.648. The molecular weight excluding hydrogens is 162 g/mol. The van der Waals surface area contributed by atoms with Gasteiger partial charge in [-0.25, -0.2) is 4.98 Å². The molecule has 0 radical (unpaired) electrons. The van der Waals surface area contributed by atoms with Crippen molar-refractivity contribution in [1.29, 1.82) is 0 Å². The summed E-state index contributed by atoms with van der Waals surface area (Å²) in [5, 5.41) is 3.21. The van der Waals surface area contributed by atoms with Gasteiger partial charge in [-0.15, -0.1) is 0 Å². The molecule has 72 valence electrons. The third-order valence-corrected chi connectivity index (χ3v) is 2.14. The van der Waals surface area contributed by atoms with Gasteiger partial charge in [-0.2, -0.15) is 0 Å². The molecular formula is C10H17N3. The van der Waals surface area contributed by atoms with E-state index in [9.17, 15) is 0 Å². The van der Waals surface area contributed by atoms with Crippen LogP contribution in [-0.2, 0) is 0 Å². The molecule has 1 N–H and O–H groups in total. The Bertz CT molecular complexity index is 271. The number of hydrogen-bond donors (Lipinski definition) is 1. The highest BCUT2D eigenvalue weighted by molar-refractivity contribution is 5.46. The highest BCUT2D eigenvalue weighted by Crippen LogP contribution is 2.21. The second-order valence-electron chi connectivity index (χ2n) is 3.32. The zero-order valence-electron chi connectivity index (χ0n) is 8.70. The van der Waals surface area contributed by atoms with Gasteiger partial charge in [-0.05, 0) is 20.0 Å². The monoisotopic (exact) mass is 179 g/mol. The number of aromatic nitrogens is 1. The third kappa shape index (κ3) is 2.18. The summed E-state index contributed by atoms with van der Waals surface area (Å²) < 4.78 is 0. The normalized spacial score (nSPS) is 12.6. The van der Waals surface area contributed by atoms with E-state index in [1.165, 1.54) is 5.56 Å². The van der Waals surface area contributed by atoms with E-state index in [4.69, 9.17) is 0 Å². The standard InChI is InChI=1S/C10H17N3/c1-8(11-2)9-6-5-7-12-10(9)13(3)4/h5-8,11H,1-4H3. The van der Waals surface area contributed by atoms with Gasteiger partial charge >= 0.3 is 0 Å². The van der Waals surface area contributed by atoms with Gasteiger partial charge in [0.2, 0.25) is 0 Å². The largest absolute Gasteiger partial charge is 0.362 e. The van der Waals surface area contributed by atoms with Crippen molar-refractivity contribution in [3.63, 3.8) is 0 Å². The summed E-state index contributed by atoms with van der Waals surface area (Å²) in [6.07, 6.45) is 1.82. The fourth-order valence-corrected chi connectivity index (χ4v) is 1.28. The summed E-state index contributed by atoms with van der Waals surface area (Å²) in [5.74, 6) is 1.03. The highest BCUT2D eigenvalue weighted by Gasteiger charge is 2.09. The van der Waals surface area contributed by atoms with E-state index in [1.807, 2.05) is 38.3 Å². The Labute approximate surface area is 79.8 Å². The molecule has 0 spiro atoms. The predicted octanol–water partition coefficient (Wildman–Crippen LogP) is 1.43. The van der Waals surface area contributed by atoms with Gasteiger partial charge < -0.3 is 10.2 Å². The number of nitrogens with zero attached hydrogens (tertiary/aromatic N) is 2. The van der Waals surface area contributed by atoms with Crippen LogP contribution in [-0.4, -0.2) is 26.1 Å². The Kier molecular flexibility index (Phi) is 3.25. The summed E-state index contributed by atoms with van der Waals surface area (Å²) in [7, 11) is 5.97. The molecule has 1 atom stereocenters. The summed E-state index contributed by atoms with van der Waals surface area (Å²) >= 11 is 0. The minimum atomic E-state index is 0.339. The van der Waals surface area contributed by atoms with Gasteiger partial charge in [0.1, 0.15) is 5.82 Å². The van der Waals surface area contributed by atoms with Crippen LogP contribution >= 0.6 is 0 Å². The van der Waals surface area contributed by atoms with Crippen LogP contribution in [0.5, 0.6) is 0 Å². The molecule has 0 fully saturated rings. The summed E-state index contributed by atoms with van der Waals surface area (Å²) in [4.78, 5) is 6.36. The van der Waals surface area contributed by atoms with Crippen molar-refractivity contribution in [2.24, 2.45) is 0 Å². The smallest absolute Gasteiger partial charge is 0.132 e. The Morgan fingerprint density at radius 2 is 2.15 bits per heavy atom. The average Bonchev–Trinajstić information content (AvgIpc) is 2.16. The van der Waals surface area contributed by atoms with Crippen molar-refractivity contribution >= 4 is 5.82 Å². The maximum atomic E-state index is 4.33. The zero-order chi connectivity index (χ0) is 9.84. The van der Waals surface area contributed by atoms with E-state index in [0.717, 1.165) is 5.82 Å². The maximum absolute atomic E-state index is 4.33. The van der Waals surface area contributed by atoms with Crippen molar-refractivity contribution in [3.8, 4) is 0 Å². The van der Waals surface area contributed by atoms with E-state index in [-0.39, 0.29) is 0 Å². The number of nitrogens with one attached hydrogen (secondary N) is 1. The van der Waals surface area contributed by atoms with Crippen LogP contribution in [0.25, 0.3) is 0 Å². The number of hydrogen-bond acceptors (Lipinski definition) is 3. The number of rotatable bonds is 3. The lowest BCUT2D eigenvalue weighted by atomic mass is 10.1. The molecule has 0 bridgehead atoms. The molecule has 1 unspecified atom stereocenters. The first-order chi connectivity index (χ1) is 6.16. The van der Waals surface area contributed by atoms with Gasteiger partial charge in [0.25, 0.3) is 0 Å². The zero-order valence-corrected chi connectivity index (χ0v) is 8.70. The SMILES string of the molecule is CNC(C)c1cccnc1N(C)C. The van der Waals surface area contributed by atoms with Crippen LogP contribution in [0.2, 0.25) is 0 Å². The molecule has 1 heterocycles.